The minimum atomic E-state index is -0.335. The minimum absolute atomic E-state index is 0.0168. The molecule has 0 bridgehead atoms. The molecule has 0 aliphatic rings. The summed E-state index contributed by atoms with van der Waals surface area (Å²) in [6.07, 6.45) is 0. The molecule has 0 unspecified atom stereocenters. The molecule has 0 aliphatic heterocycles. The van der Waals surface area contributed by atoms with Gasteiger partial charge in [-0.2, -0.15) is 9.50 Å². The summed E-state index contributed by atoms with van der Waals surface area (Å²) >= 11 is 0. The van der Waals surface area contributed by atoms with Crippen LogP contribution in [-0.4, -0.2) is 30.2 Å². The summed E-state index contributed by atoms with van der Waals surface area (Å²) in [7, 11) is 0. The Balaban J connectivity index is 1.69. The van der Waals surface area contributed by atoms with Gasteiger partial charge in [-0.3, -0.25) is 9.59 Å². The summed E-state index contributed by atoms with van der Waals surface area (Å²) in [6.45, 7) is 5.48. The molecule has 4 aromatic rings. The topological polar surface area (TPSA) is 107 Å². The number of amides is 1. The van der Waals surface area contributed by atoms with E-state index >= 15 is 0 Å². The lowest BCUT2D eigenvalue weighted by Gasteiger charge is -2.11. The second kappa shape index (κ2) is 6.76. The number of benzene rings is 1. The van der Waals surface area contributed by atoms with Crippen molar-refractivity contribution < 1.29 is 9.32 Å². The molecule has 1 aromatic carbocycles. The van der Waals surface area contributed by atoms with Crippen LogP contribution >= 0.6 is 0 Å². The van der Waals surface area contributed by atoms with E-state index in [4.69, 9.17) is 4.52 Å². The van der Waals surface area contributed by atoms with Gasteiger partial charge in [-0.1, -0.05) is 22.9 Å². The first-order valence-corrected chi connectivity index (χ1v) is 8.68. The average Bonchev–Trinajstić information content (AvgIpc) is 3.27. The van der Waals surface area contributed by atoms with Crippen molar-refractivity contribution in [3.05, 3.63) is 63.7 Å². The number of carbonyl (C=O) groups excluding carboxylic acids is 1. The van der Waals surface area contributed by atoms with Crippen molar-refractivity contribution in [2.75, 3.05) is 5.32 Å². The third-order valence-corrected chi connectivity index (χ3v) is 4.28. The van der Waals surface area contributed by atoms with E-state index in [1.807, 2.05) is 31.2 Å². The third kappa shape index (κ3) is 3.29. The van der Waals surface area contributed by atoms with Crippen LogP contribution in [0, 0.1) is 20.8 Å². The van der Waals surface area contributed by atoms with E-state index in [0.29, 0.717) is 22.8 Å². The first-order valence-electron chi connectivity index (χ1n) is 8.68. The highest BCUT2D eigenvalue weighted by atomic mass is 16.5. The highest BCUT2D eigenvalue weighted by molar-refractivity contribution is 5.90. The Hall–Kier alpha value is -3.75. The van der Waals surface area contributed by atoms with E-state index in [1.165, 1.54) is 6.07 Å². The summed E-state index contributed by atoms with van der Waals surface area (Å²) in [5.74, 6) is 0.607. The van der Waals surface area contributed by atoms with Gasteiger partial charge in [0.05, 0.1) is 5.69 Å². The van der Waals surface area contributed by atoms with E-state index in [2.05, 4.69) is 20.6 Å². The smallest absolute Gasteiger partial charge is 0.275 e. The van der Waals surface area contributed by atoms with Crippen LogP contribution in [0.4, 0.5) is 5.69 Å². The predicted molar refractivity (Wildman–Crippen MR) is 102 cm³/mol. The van der Waals surface area contributed by atoms with Crippen molar-refractivity contribution in [2.45, 2.75) is 27.3 Å². The van der Waals surface area contributed by atoms with Crippen LogP contribution in [0.2, 0.25) is 0 Å². The highest BCUT2D eigenvalue weighted by Crippen LogP contribution is 2.17. The number of carbonyl (C=O) groups is 1. The standard InChI is InChI=1S/C19H18N6O3/c1-11-4-6-14(7-5-11)20-16(26)10-24-13(3)9-17(27)25-19(24)21-18(22-25)15-8-12(2)23-28-15/h4-9H,10H2,1-3H3,(H,20,26). The van der Waals surface area contributed by atoms with Gasteiger partial charge in [0.1, 0.15) is 6.54 Å². The molecule has 0 spiro atoms. The molecule has 0 radical (unpaired) electrons. The molecule has 0 saturated carbocycles. The molecular formula is C19H18N6O3. The van der Waals surface area contributed by atoms with Crippen LogP contribution in [0.3, 0.4) is 0 Å². The van der Waals surface area contributed by atoms with Gasteiger partial charge in [0, 0.05) is 23.5 Å². The van der Waals surface area contributed by atoms with Crippen LogP contribution in [-0.2, 0) is 11.3 Å². The largest absolute Gasteiger partial charge is 0.353 e. The van der Waals surface area contributed by atoms with Crippen LogP contribution in [0.5, 0.6) is 0 Å². The van der Waals surface area contributed by atoms with E-state index < -0.39 is 0 Å². The van der Waals surface area contributed by atoms with Gasteiger partial charge in [-0.25, -0.2) is 0 Å². The first-order chi connectivity index (χ1) is 13.4. The number of aromatic nitrogens is 5. The molecule has 9 heteroatoms. The Morgan fingerprint density at radius 1 is 1.14 bits per heavy atom. The zero-order chi connectivity index (χ0) is 19.8. The van der Waals surface area contributed by atoms with Crippen molar-refractivity contribution in [3.8, 4) is 11.6 Å². The molecule has 28 heavy (non-hydrogen) atoms. The normalized spacial score (nSPS) is 11.1. The van der Waals surface area contributed by atoms with Crippen molar-refractivity contribution in [3.63, 3.8) is 0 Å². The molecule has 0 saturated heterocycles. The van der Waals surface area contributed by atoms with Crippen LogP contribution in [0.25, 0.3) is 17.4 Å². The molecule has 142 valence electrons. The number of anilines is 1. The maximum atomic E-state index is 12.5. The Morgan fingerprint density at radius 3 is 2.57 bits per heavy atom. The minimum Gasteiger partial charge on any atom is -0.353 e. The van der Waals surface area contributed by atoms with E-state index in [9.17, 15) is 9.59 Å². The summed E-state index contributed by atoms with van der Waals surface area (Å²) in [6, 6.07) is 10.6. The molecule has 3 aromatic heterocycles. The Kier molecular flexibility index (Phi) is 4.26. The second-order valence-electron chi connectivity index (χ2n) is 6.60. The molecule has 0 fully saturated rings. The van der Waals surface area contributed by atoms with Gasteiger partial charge in [0.2, 0.25) is 23.3 Å². The van der Waals surface area contributed by atoms with Gasteiger partial charge in [-0.05, 0) is 32.9 Å². The fraction of sp³-hybridized carbons (Fsp3) is 0.211. The molecule has 1 amide bonds. The van der Waals surface area contributed by atoms with Crippen molar-refractivity contribution in [1.82, 2.24) is 24.3 Å². The molecule has 9 nitrogen and oxygen atoms in total. The molecular weight excluding hydrogens is 360 g/mol. The number of nitrogens with one attached hydrogen (secondary N) is 1. The van der Waals surface area contributed by atoms with Gasteiger partial charge in [-0.15, -0.1) is 5.10 Å². The summed E-state index contributed by atoms with van der Waals surface area (Å²) < 4.78 is 7.96. The lowest BCUT2D eigenvalue weighted by molar-refractivity contribution is -0.116. The number of rotatable bonds is 4. The monoisotopic (exact) mass is 378 g/mol. The zero-order valence-electron chi connectivity index (χ0n) is 15.6. The second-order valence-corrected chi connectivity index (χ2v) is 6.60. The van der Waals surface area contributed by atoms with Gasteiger partial charge in [0.25, 0.3) is 5.56 Å². The first kappa shape index (κ1) is 17.7. The molecule has 4 rings (SSSR count). The Labute approximate surface area is 159 Å². The number of nitrogens with zero attached hydrogens (tertiary/aromatic N) is 5. The van der Waals surface area contributed by atoms with Gasteiger partial charge >= 0.3 is 0 Å². The predicted octanol–water partition coefficient (Wildman–Crippen LogP) is 2.11. The van der Waals surface area contributed by atoms with Crippen molar-refractivity contribution >= 4 is 17.4 Å². The summed E-state index contributed by atoms with van der Waals surface area (Å²) in [5.41, 5.74) is 2.75. The quantitative estimate of drug-likeness (QED) is 0.583. The number of fused-ring (bicyclic) bond motifs is 1. The average molecular weight is 378 g/mol. The fourth-order valence-corrected chi connectivity index (χ4v) is 2.85. The maximum Gasteiger partial charge on any atom is 0.275 e. The number of hydrogen-bond donors (Lipinski definition) is 1. The molecule has 3 heterocycles. The van der Waals surface area contributed by atoms with E-state index in [-0.39, 0.29) is 29.6 Å². The van der Waals surface area contributed by atoms with Crippen LogP contribution < -0.4 is 10.9 Å². The SMILES string of the molecule is Cc1ccc(NC(=O)Cn2c(C)cc(=O)n3nc(-c4cc(C)no4)nc23)cc1. The maximum absolute atomic E-state index is 12.5. The summed E-state index contributed by atoms with van der Waals surface area (Å²) in [4.78, 5) is 29.2. The van der Waals surface area contributed by atoms with E-state index in [1.54, 1.807) is 24.5 Å². The summed E-state index contributed by atoms with van der Waals surface area (Å²) in [5, 5.41) is 10.9. The third-order valence-electron chi connectivity index (χ3n) is 4.28. The van der Waals surface area contributed by atoms with Crippen LogP contribution in [0.15, 0.2) is 45.7 Å². The van der Waals surface area contributed by atoms with Crippen LogP contribution in [0.1, 0.15) is 17.0 Å². The number of aryl methyl sites for hydroxylation is 3. The van der Waals surface area contributed by atoms with Crippen molar-refractivity contribution in [1.29, 1.82) is 0 Å². The Morgan fingerprint density at radius 2 is 1.89 bits per heavy atom. The fourth-order valence-electron chi connectivity index (χ4n) is 2.85. The molecule has 1 N–H and O–H groups in total. The Bertz CT molecular complexity index is 1230. The molecule has 0 atom stereocenters. The van der Waals surface area contributed by atoms with Gasteiger partial charge in [0.15, 0.2) is 0 Å². The lowest BCUT2D eigenvalue weighted by atomic mass is 10.2. The number of hydrogen-bond acceptors (Lipinski definition) is 6. The van der Waals surface area contributed by atoms with E-state index in [0.717, 1.165) is 10.1 Å². The highest BCUT2D eigenvalue weighted by Gasteiger charge is 2.17. The molecule has 0 aliphatic carbocycles. The van der Waals surface area contributed by atoms with Crippen molar-refractivity contribution in [2.24, 2.45) is 0 Å². The zero-order valence-corrected chi connectivity index (χ0v) is 15.6. The van der Waals surface area contributed by atoms with Gasteiger partial charge < -0.3 is 14.4 Å². The lowest BCUT2D eigenvalue weighted by Crippen LogP contribution is -2.25.